The Morgan fingerprint density at radius 1 is 1.20 bits per heavy atom. The van der Waals surface area contributed by atoms with Crippen LogP contribution in [0.25, 0.3) is 0 Å². The van der Waals surface area contributed by atoms with E-state index in [9.17, 15) is 13.2 Å². The highest BCUT2D eigenvalue weighted by Gasteiger charge is 2.18. The third kappa shape index (κ3) is 3.80. The van der Waals surface area contributed by atoms with Gasteiger partial charge in [-0.25, -0.2) is 13.6 Å². The summed E-state index contributed by atoms with van der Waals surface area (Å²) < 4.78 is 23.0. The number of nitrogens with two attached hydrogens (primary N) is 1. The highest BCUT2D eigenvalue weighted by Crippen LogP contribution is 2.30. The van der Waals surface area contributed by atoms with E-state index in [1.165, 1.54) is 12.1 Å². The first kappa shape index (κ1) is 16.7. The molecule has 0 fully saturated rings. The van der Waals surface area contributed by atoms with E-state index >= 15 is 0 Å². The van der Waals surface area contributed by atoms with Crippen LogP contribution in [-0.4, -0.2) is 14.3 Å². The molecule has 1 aromatic carbocycles. The quantitative estimate of drug-likeness (QED) is 0.894. The Morgan fingerprint density at radius 3 is 2.15 bits per heavy atom. The first-order valence-electron chi connectivity index (χ1n) is 6.52. The number of amides is 1. The van der Waals surface area contributed by atoms with Crippen molar-refractivity contribution in [1.82, 2.24) is 0 Å². The summed E-state index contributed by atoms with van der Waals surface area (Å²) in [5.74, 6) is -0.177. The van der Waals surface area contributed by atoms with E-state index in [-0.39, 0.29) is 22.6 Å². The average molecular weight is 298 g/mol. The van der Waals surface area contributed by atoms with Crippen LogP contribution in [0.3, 0.4) is 0 Å². The summed E-state index contributed by atoms with van der Waals surface area (Å²) in [5.41, 5.74) is 2.13. The summed E-state index contributed by atoms with van der Waals surface area (Å²) in [4.78, 5) is 11.9. The Hall–Kier alpha value is -1.40. The van der Waals surface area contributed by atoms with Gasteiger partial charge in [0, 0.05) is 11.6 Å². The SMILES string of the molecule is Cc1cc(S(N)(=O)=O)cc(C(C)C)c1NC(=O)C(C)C. The summed E-state index contributed by atoms with van der Waals surface area (Å²) in [7, 11) is -3.76. The van der Waals surface area contributed by atoms with Gasteiger partial charge < -0.3 is 5.32 Å². The number of nitrogens with one attached hydrogen (secondary N) is 1. The molecule has 0 bridgehead atoms. The van der Waals surface area contributed by atoms with Crippen molar-refractivity contribution >= 4 is 21.6 Å². The Kier molecular flexibility index (Phi) is 4.94. The molecule has 0 saturated carbocycles. The molecule has 1 rings (SSSR count). The standard InChI is InChI=1S/C14H22N2O3S/c1-8(2)12-7-11(20(15,18)19)6-10(5)13(12)16-14(17)9(3)4/h6-9H,1-5H3,(H,16,17)(H2,15,18,19). The van der Waals surface area contributed by atoms with Crippen molar-refractivity contribution in [2.24, 2.45) is 11.1 Å². The van der Waals surface area contributed by atoms with Crippen molar-refractivity contribution in [1.29, 1.82) is 0 Å². The van der Waals surface area contributed by atoms with Gasteiger partial charge in [-0.15, -0.1) is 0 Å². The van der Waals surface area contributed by atoms with Crippen LogP contribution in [0.15, 0.2) is 17.0 Å². The van der Waals surface area contributed by atoms with Gasteiger partial charge in [-0.1, -0.05) is 27.7 Å². The Balaban J connectivity index is 3.42. The molecule has 0 radical (unpaired) electrons. The molecule has 6 heteroatoms. The van der Waals surface area contributed by atoms with Crippen LogP contribution in [-0.2, 0) is 14.8 Å². The van der Waals surface area contributed by atoms with Crippen molar-refractivity contribution < 1.29 is 13.2 Å². The lowest BCUT2D eigenvalue weighted by Crippen LogP contribution is -2.20. The van der Waals surface area contributed by atoms with E-state index in [2.05, 4.69) is 5.32 Å². The van der Waals surface area contributed by atoms with Crippen LogP contribution < -0.4 is 10.5 Å². The lowest BCUT2D eigenvalue weighted by atomic mass is 9.97. The molecule has 0 atom stereocenters. The fourth-order valence-electron chi connectivity index (χ4n) is 1.84. The molecule has 1 aromatic rings. The predicted octanol–water partition coefficient (Wildman–Crippen LogP) is 2.36. The van der Waals surface area contributed by atoms with Crippen molar-refractivity contribution in [2.75, 3.05) is 5.32 Å². The Labute approximate surface area is 120 Å². The lowest BCUT2D eigenvalue weighted by molar-refractivity contribution is -0.118. The summed E-state index contributed by atoms with van der Waals surface area (Å²) in [6.45, 7) is 9.24. The minimum Gasteiger partial charge on any atom is -0.325 e. The zero-order valence-corrected chi connectivity index (χ0v) is 13.3. The number of hydrogen-bond acceptors (Lipinski definition) is 3. The van der Waals surface area contributed by atoms with Crippen molar-refractivity contribution in [2.45, 2.75) is 45.4 Å². The van der Waals surface area contributed by atoms with E-state index in [1.54, 1.807) is 20.8 Å². The van der Waals surface area contributed by atoms with Gasteiger partial charge in [-0.3, -0.25) is 4.79 Å². The minimum atomic E-state index is -3.76. The van der Waals surface area contributed by atoms with Gasteiger partial charge in [0.1, 0.15) is 0 Å². The van der Waals surface area contributed by atoms with Crippen LogP contribution in [0.1, 0.15) is 44.7 Å². The summed E-state index contributed by atoms with van der Waals surface area (Å²) in [6, 6.07) is 3.01. The summed E-state index contributed by atoms with van der Waals surface area (Å²) >= 11 is 0. The molecule has 0 aliphatic heterocycles. The average Bonchev–Trinajstić information content (AvgIpc) is 2.29. The second-order valence-electron chi connectivity index (χ2n) is 5.55. The number of aryl methyl sites for hydroxylation is 1. The van der Waals surface area contributed by atoms with Crippen molar-refractivity contribution in [3.63, 3.8) is 0 Å². The summed E-state index contributed by atoms with van der Waals surface area (Å²) in [6.07, 6.45) is 0. The molecular formula is C14H22N2O3S. The third-order valence-electron chi connectivity index (χ3n) is 3.06. The fourth-order valence-corrected chi connectivity index (χ4v) is 2.47. The number of anilines is 1. The molecule has 0 aliphatic rings. The van der Waals surface area contributed by atoms with Gasteiger partial charge in [0.05, 0.1) is 4.90 Å². The number of carbonyl (C=O) groups excluding carboxylic acids is 1. The second kappa shape index (κ2) is 5.93. The molecule has 3 N–H and O–H groups in total. The van der Waals surface area contributed by atoms with Crippen LogP contribution in [0.4, 0.5) is 5.69 Å². The normalized spacial score (nSPS) is 12.0. The molecule has 0 heterocycles. The number of rotatable bonds is 4. The van der Waals surface area contributed by atoms with Crippen LogP contribution >= 0.6 is 0 Å². The van der Waals surface area contributed by atoms with Crippen LogP contribution in [0, 0.1) is 12.8 Å². The summed E-state index contributed by atoms with van der Waals surface area (Å²) in [5, 5.41) is 8.04. The largest absolute Gasteiger partial charge is 0.325 e. The highest BCUT2D eigenvalue weighted by molar-refractivity contribution is 7.89. The van der Waals surface area contributed by atoms with Crippen molar-refractivity contribution in [3.05, 3.63) is 23.3 Å². The number of benzene rings is 1. The molecular weight excluding hydrogens is 276 g/mol. The molecule has 1 amide bonds. The molecule has 20 heavy (non-hydrogen) atoms. The monoisotopic (exact) mass is 298 g/mol. The van der Waals surface area contributed by atoms with Crippen LogP contribution in [0.2, 0.25) is 0 Å². The number of primary sulfonamides is 1. The number of carbonyl (C=O) groups is 1. The van der Waals surface area contributed by atoms with E-state index in [0.717, 1.165) is 5.56 Å². The van der Waals surface area contributed by atoms with Gasteiger partial charge >= 0.3 is 0 Å². The molecule has 0 aliphatic carbocycles. The zero-order valence-electron chi connectivity index (χ0n) is 12.5. The minimum absolute atomic E-state index is 0.0675. The third-order valence-corrected chi connectivity index (χ3v) is 3.96. The zero-order chi connectivity index (χ0) is 15.7. The van der Waals surface area contributed by atoms with Gasteiger partial charge in [-0.2, -0.15) is 0 Å². The first-order valence-corrected chi connectivity index (χ1v) is 8.07. The molecule has 5 nitrogen and oxygen atoms in total. The molecule has 0 aromatic heterocycles. The number of hydrogen-bond donors (Lipinski definition) is 2. The molecule has 0 saturated heterocycles. The van der Waals surface area contributed by atoms with Crippen LogP contribution in [0.5, 0.6) is 0 Å². The molecule has 112 valence electrons. The maximum absolute atomic E-state index is 11.9. The fraction of sp³-hybridized carbons (Fsp3) is 0.500. The Bertz CT molecular complexity index is 620. The Morgan fingerprint density at radius 2 is 1.75 bits per heavy atom. The first-order chi connectivity index (χ1) is 9.04. The predicted molar refractivity (Wildman–Crippen MR) is 80.1 cm³/mol. The number of sulfonamides is 1. The van der Waals surface area contributed by atoms with E-state index in [4.69, 9.17) is 5.14 Å². The van der Waals surface area contributed by atoms with E-state index in [0.29, 0.717) is 11.3 Å². The maximum Gasteiger partial charge on any atom is 0.238 e. The van der Waals surface area contributed by atoms with E-state index in [1.807, 2.05) is 13.8 Å². The maximum atomic E-state index is 11.9. The van der Waals surface area contributed by atoms with Crippen molar-refractivity contribution in [3.8, 4) is 0 Å². The van der Waals surface area contributed by atoms with Gasteiger partial charge in [0.15, 0.2) is 0 Å². The highest BCUT2D eigenvalue weighted by atomic mass is 32.2. The van der Waals surface area contributed by atoms with Gasteiger partial charge in [0.25, 0.3) is 0 Å². The molecule has 0 unspecified atom stereocenters. The van der Waals surface area contributed by atoms with Gasteiger partial charge in [-0.05, 0) is 36.1 Å². The molecule has 0 spiro atoms. The smallest absolute Gasteiger partial charge is 0.238 e. The second-order valence-corrected chi connectivity index (χ2v) is 7.11. The topological polar surface area (TPSA) is 89.3 Å². The van der Waals surface area contributed by atoms with E-state index < -0.39 is 10.0 Å². The van der Waals surface area contributed by atoms with Gasteiger partial charge in [0.2, 0.25) is 15.9 Å². The lowest BCUT2D eigenvalue weighted by Gasteiger charge is -2.19.